The lowest BCUT2D eigenvalue weighted by Gasteiger charge is -2.16. The minimum Gasteiger partial charge on any atom is -0.325 e. The van der Waals surface area contributed by atoms with Crippen molar-refractivity contribution in [3.05, 3.63) is 60.2 Å². The SMILES string of the molecule is C[C@@H](Sc1nnnn1-c1ccccc1)C(=O)Nc1ccccc1C(F)(F)F. The van der Waals surface area contributed by atoms with Crippen molar-refractivity contribution in [2.45, 2.75) is 23.5 Å². The molecule has 0 aliphatic carbocycles. The van der Waals surface area contributed by atoms with Crippen LogP contribution in [0, 0.1) is 0 Å². The Morgan fingerprint density at radius 3 is 2.48 bits per heavy atom. The van der Waals surface area contributed by atoms with Crippen LogP contribution < -0.4 is 5.32 Å². The van der Waals surface area contributed by atoms with Gasteiger partial charge in [-0.05, 0) is 41.6 Å². The molecule has 1 N–H and O–H groups in total. The summed E-state index contributed by atoms with van der Waals surface area (Å²) in [6, 6.07) is 13.9. The van der Waals surface area contributed by atoms with E-state index in [9.17, 15) is 18.0 Å². The summed E-state index contributed by atoms with van der Waals surface area (Å²) in [6.45, 7) is 1.57. The van der Waals surface area contributed by atoms with Crippen LogP contribution in [0.15, 0.2) is 59.8 Å². The van der Waals surface area contributed by atoms with Crippen molar-refractivity contribution in [1.29, 1.82) is 0 Å². The summed E-state index contributed by atoms with van der Waals surface area (Å²) in [5.41, 5.74) is -0.477. The first-order chi connectivity index (χ1) is 12.9. The van der Waals surface area contributed by atoms with Crippen LogP contribution in [0.25, 0.3) is 5.69 Å². The molecule has 2 aromatic carbocycles. The van der Waals surface area contributed by atoms with Gasteiger partial charge in [-0.3, -0.25) is 4.79 Å². The highest BCUT2D eigenvalue weighted by Gasteiger charge is 2.34. The number of nitrogens with zero attached hydrogens (tertiary/aromatic N) is 4. The van der Waals surface area contributed by atoms with Crippen molar-refractivity contribution in [2.75, 3.05) is 5.32 Å². The summed E-state index contributed by atoms with van der Waals surface area (Å²) in [4.78, 5) is 12.4. The third kappa shape index (κ3) is 4.45. The predicted molar refractivity (Wildman–Crippen MR) is 94.5 cm³/mol. The molecule has 3 rings (SSSR count). The van der Waals surface area contributed by atoms with Crippen LogP contribution in [0.3, 0.4) is 0 Å². The van der Waals surface area contributed by atoms with E-state index in [1.807, 2.05) is 18.2 Å². The maximum absolute atomic E-state index is 13.1. The van der Waals surface area contributed by atoms with Crippen molar-refractivity contribution in [3.8, 4) is 5.69 Å². The number of carbonyl (C=O) groups is 1. The highest BCUT2D eigenvalue weighted by molar-refractivity contribution is 8.00. The second-order valence-corrected chi connectivity index (χ2v) is 6.81. The number of carbonyl (C=O) groups excluding carboxylic acids is 1. The molecule has 0 unspecified atom stereocenters. The van der Waals surface area contributed by atoms with Gasteiger partial charge in [-0.2, -0.15) is 17.9 Å². The summed E-state index contributed by atoms with van der Waals surface area (Å²) < 4.78 is 40.6. The second-order valence-electron chi connectivity index (χ2n) is 5.50. The molecule has 1 aromatic heterocycles. The van der Waals surface area contributed by atoms with E-state index in [0.29, 0.717) is 10.8 Å². The summed E-state index contributed by atoms with van der Waals surface area (Å²) >= 11 is 1.05. The predicted octanol–water partition coefficient (Wildman–Crippen LogP) is 3.80. The van der Waals surface area contributed by atoms with Crippen molar-refractivity contribution in [3.63, 3.8) is 0 Å². The number of benzene rings is 2. The van der Waals surface area contributed by atoms with Crippen molar-refractivity contribution >= 4 is 23.4 Å². The summed E-state index contributed by atoms with van der Waals surface area (Å²) in [5, 5.41) is 13.3. The van der Waals surface area contributed by atoms with Gasteiger partial charge in [0.1, 0.15) is 0 Å². The molecular formula is C17H14F3N5OS. The fourth-order valence-electron chi connectivity index (χ4n) is 2.27. The van der Waals surface area contributed by atoms with Crippen LogP contribution in [0.4, 0.5) is 18.9 Å². The molecule has 0 bridgehead atoms. The van der Waals surface area contributed by atoms with Crippen LogP contribution in [0.1, 0.15) is 12.5 Å². The molecule has 0 spiro atoms. The van der Waals surface area contributed by atoms with Gasteiger partial charge in [0.2, 0.25) is 11.1 Å². The van der Waals surface area contributed by atoms with Crippen molar-refractivity contribution in [1.82, 2.24) is 20.2 Å². The van der Waals surface area contributed by atoms with Gasteiger partial charge < -0.3 is 5.32 Å². The number of halogens is 3. The average Bonchev–Trinajstić information content (AvgIpc) is 3.10. The zero-order chi connectivity index (χ0) is 19.4. The van der Waals surface area contributed by atoms with E-state index in [-0.39, 0.29) is 5.69 Å². The van der Waals surface area contributed by atoms with Crippen LogP contribution in [0.2, 0.25) is 0 Å². The number of rotatable bonds is 5. The quantitative estimate of drug-likeness (QED) is 0.668. The number of amides is 1. The molecule has 0 radical (unpaired) electrons. The second kappa shape index (κ2) is 7.78. The van der Waals surface area contributed by atoms with E-state index in [4.69, 9.17) is 0 Å². The van der Waals surface area contributed by atoms with Crippen LogP contribution in [-0.4, -0.2) is 31.4 Å². The molecule has 0 saturated carbocycles. The van der Waals surface area contributed by atoms with Gasteiger partial charge in [0.05, 0.1) is 22.2 Å². The van der Waals surface area contributed by atoms with Gasteiger partial charge in [-0.25, -0.2) is 0 Å². The molecule has 0 aliphatic heterocycles. The van der Waals surface area contributed by atoms with Crippen molar-refractivity contribution in [2.24, 2.45) is 0 Å². The minimum atomic E-state index is -4.56. The lowest BCUT2D eigenvalue weighted by atomic mass is 10.1. The Hall–Kier alpha value is -2.88. The summed E-state index contributed by atoms with van der Waals surface area (Å²) in [5.74, 6) is -0.584. The van der Waals surface area contributed by atoms with Gasteiger partial charge in [0.15, 0.2) is 0 Å². The Labute approximate surface area is 156 Å². The molecule has 0 saturated heterocycles. The third-order valence-electron chi connectivity index (χ3n) is 3.58. The van der Waals surface area contributed by atoms with Crippen molar-refractivity contribution < 1.29 is 18.0 Å². The largest absolute Gasteiger partial charge is 0.418 e. The third-order valence-corrected chi connectivity index (χ3v) is 4.62. The number of tetrazole rings is 1. The average molecular weight is 393 g/mol. The summed E-state index contributed by atoms with van der Waals surface area (Å²) in [7, 11) is 0. The van der Waals surface area contributed by atoms with Gasteiger partial charge in [0.25, 0.3) is 0 Å². The van der Waals surface area contributed by atoms with Crippen LogP contribution in [0.5, 0.6) is 0 Å². The molecule has 0 aliphatic rings. The Morgan fingerprint density at radius 1 is 1.11 bits per heavy atom. The Morgan fingerprint density at radius 2 is 1.78 bits per heavy atom. The highest BCUT2D eigenvalue weighted by Crippen LogP contribution is 2.35. The van der Waals surface area contributed by atoms with Crippen LogP contribution >= 0.6 is 11.8 Å². The fourth-order valence-corrected chi connectivity index (χ4v) is 3.08. The monoisotopic (exact) mass is 393 g/mol. The molecule has 1 amide bonds. The number of nitrogens with one attached hydrogen (secondary N) is 1. The van der Waals surface area contributed by atoms with E-state index in [2.05, 4.69) is 20.8 Å². The number of thioether (sulfide) groups is 1. The molecule has 140 valence electrons. The molecular weight excluding hydrogens is 379 g/mol. The number of anilines is 1. The van der Waals surface area contributed by atoms with E-state index in [0.717, 1.165) is 17.8 Å². The van der Waals surface area contributed by atoms with Crippen LogP contribution in [-0.2, 0) is 11.0 Å². The lowest BCUT2D eigenvalue weighted by Crippen LogP contribution is -2.24. The number of hydrogen-bond acceptors (Lipinski definition) is 5. The zero-order valence-corrected chi connectivity index (χ0v) is 14.8. The van der Waals surface area contributed by atoms with Gasteiger partial charge in [-0.15, -0.1) is 5.10 Å². The normalized spacial score (nSPS) is 12.6. The number of para-hydroxylation sites is 2. The maximum atomic E-state index is 13.1. The van der Waals surface area contributed by atoms with E-state index in [1.165, 1.54) is 22.9 Å². The Balaban J connectivity index is 1.75. The highest BCUT2D eigenvalue weighted by atomic mass is 32.2. The zero-order valence-electron chi connectivity index (χ0n) is 14.0. The number of hydrogen-bond donors (Lipinski definition) is 1. The standard InChI is InChI=1S/C17H14F3N5OS/c1-11(15(26)21-14-10-6-5-9-13(14)17(18,19)20)27-16-22-23-24-25(16)12-7-3-2-4-8-12/h2-11H,1H3,(H,21,26)/t11-/m1/s1. The van der Waals surface area contributed by atoms with Gasteiger partial charge in [0, 0.05) is 0 Å². The Bertz CT molecular complexity index is 930. The molecule has 0 fully saturated rings. The molecule has 27 heavy (non-hydrogen) atoms. The molecule has 1 heterocycles. The first-order valence-electron chi connectivity index (χ1n) is 7.84. The first-order valence-corrected chi connectivity index (χ1v) is 8.72. The first kappa shape index (κ1) is 18.9. The Kier molecular flexibility index (Phi) is 5.45. The van der Waals surface area contributed by atoms with E-state index in [1.54, 1.807) is 19.1 Å². The van der Waals surface area contributed by atoms with Gasteiger partial charge in [-0.1, -0.05) is 42.1 Å². The number of alkyl halides is 3. The molecule has 10 heteroatoms. The molecule has 1 atom stereocenters. The lowest BCUT2D eigenvalue weighted by molar-refractivity contribution is -0.137. The molecule has 6 nitrogen and oxygen atoms in total. The van der Waals surface area contributed by atoms with Gasteiger partial charge >= 0.3 is 6.18 Å². The fraction of sp³-hybridized carbons (Fsp3) is 0.176. The topological polar surface area (TPSA) is 72.7 Å². The molecule has 3 aromatic rings. The minimum absolute atomic E-state index is 0.287. The number of aromatic nitrogens is 4. The smallest absolute Gasteiger partial charge is 0.325 e. The summed E-state index contributed by atoms with van der Waals surface area (Å²) in [6.07, 6.45) is -4.56. The van der Waals surface area contributed by atoms with E-state index >= 15 is 0 Å². The van der Waals surface area contributed by atoms with E-state index < -0.39 is 22.9 Å². The maximum Gasteiger partial charge on any atom is 0.418 e.